The lowest BCUT2D eigenvalue weighted by atomic mass is 9.84. The highest BCUT2D eigenvalue weighted by Crippen LogP contribution is 2.36. The van der Waals surface area contributed by atoms with Crippen LogP contribution in [-0.4, -0.2) is 17.9 Å². The first-order valence-corrected chi connectivity index (χ1v) is 8.57. The molecule has 0 heterocycles. The van der Waals surface area contributed by atoms with Gasteiger partial charge in [0.15, 0.2) is 0 Å². The molecular formula is C17H20ClF3N2O2. The van der Waals surface area contributed by atoms with Gasteiger partial charge in [-0.05, 0) is 49.8 Å². The molecule has 0 aliphatic heterocycles. The summed E-state index contributed by atoms with van der Waals surface area (Å²) in [6.45, 7) is 2.12. The monoisotopic (exact) mass is 376 g/mol. The van der Waals surface area contributed by atoms with E-state index >= 15 is 0 Å². The Morgan fingerprint density at radius 2 is 1.80 bits per heavy atom. The minimum atomic E-state index is -4.64. The molecule has 1 aromatic rings. The molecule has 0 bridgehead atoms. The highest BCUT2D eigenvalue weighted by atomic mass is 35.5. The Kier molecular flexibility index (Phi) is 6.32. The van der Waals surface area contributed by atoms with Gasteiger partial charge in [0.25, 0.3) is 0 Å². The van der Waals surface area contributed by atoms with Crippen LogP contribution in [0.2, 0.25) is 5.02 Å². The summed E-state index contributed by atoms with van der Waals surface area (Å²) < 4.78 is 38.5. The van der Waals surface area contributed by atoms with Gasteiger partial charge in [0.1, 0.15) is 0 Å². The van der Waals surface area contributed by atoms with E-state index in [1.54, 1.807) is 0 Å². The average Bonchev–Trinajstić information content (AvgIpc) is 2.56. The van der Waals surface area contributed by atoms with Crippen molar-refractivity contribution in [3.63, 3.8) is 0 Å². The Morgan fingerprint density at radius 3 is 2.36 bits per heavy atom. The van der Waals surface area contributed by atoms with Crippen LogP contribution in [0.25, 0.3) is 0 Å². The molecule has 0 spiro atoms. The molecule has 1 fully saturated rings. The van der Waals surface area contributed by atoms with Crippen LogP contribution in [-0.2, 0) is 15.8 Å². The first-order chi connectivity index (χ1) is 11.7. The predicted octanol–water partition coefficient (Wildman–Crippen LogP) is 4.38. The molecule has 1 aliphatic rings. The summed E-state index contributed by atoms with van der Waals surface area (Å²) in [5.41, 5.74) is -1.20. The Bertz CT molecular complexity index is 641. The topological polar surface area (TPSA) is 58.2 Å². The number of carbonyl (C=O) groups excluding carboxylic acids is 2. The maximum atomic E-state index is 12.8. The summed E-state index contributed by atoms with van der Waals surface area (Å²) in [4.78, 5) is 23.9. The lowest BCUT2D eigenvalue weighted by Crippen LogP contribution is -2.43. The van der Waals surface area contributed by atoms with Gasteiger partial charge >= 0.3 is 18.0 Å². The molecule has 0 saturated heterocycles. The van der Waals surface area contributed by atoms with Gasteiger partial charge in [-0.1, -0.05) is 24.9 Å². The van der Waals surface area contributed by atoms with Gasteiger partial charge in [0.2, 0.25) is 0 Å². The molecule has 138 valence electrons. The number of nitrogens with one attached hydrogen (secondary N) is 2. The Labute approximate surface area is 149 Å². The lowest BCUT2D eigenvalue weighted by molar-refractivity contribution is -0.137. The number of carbonyl (C=O) groups is 2. The third-order valence-corrected chi connectivity index (χ3v) is 4.82. The van der Waals surface area contributed by atoms with E-state index in [0.29, 0.717) is 12.0 Å². The summed E-state index contributed by atoms with van der Waals surface area (Å²) in [6.07, 6.45) is 0.0506. The van der Waals surface area contributed by atoms with Crippen molar-refractivity contribution in [2.24, 2.45) is 5.92 Å². The van der Waals surface area contributed by atoms with Crippen LogP contribution >= 0.6 is 11.6 Å². The van der Waals surface area contributed by atoms with Gasteiger partial charge in [-0.25, -0.2) is 0 Å². The molecule has 25 heavy (non-hydrogen) atoms. The van der Waals surface area contributed by atoms with E-state index in [9.17, 15) is 22.8 Å². The zero-order valence-electron chi connectivity index (χ0n) is 13.8. The van der Waals surface area contributed by atoms with E-state index in [-0.39, 0.29) is 11.7 Å². The number of hydrogen-bond acceptors (Lipinski definition) is 2. The van der Waals surface area contributed by atoms with Gasteiger partial charge in [-0.15, -0.1) is 0 Å². The summed E-state index contributed by atoms with van der Waals surface area (Å²) in [5.74, 6) is -1.19. The van der Waals surface area contributed by atoms with Crippen LogP contribution in [0.15, 0.2) is 18.2 Å². The predicted molar refractivity (Wildman–Crippen MR) is 89.3 cm³/mol. The molecule has 2 N–H and O–H groups in total. The zero-order chi connectivity index (χ0) is 18.6. The molecule has 2 rings (SSSR count). The summed E-state index contributed by atoms with van der Waals surface area (Å²) in [7, 11) is 0. The fourth-order valence-corrected chi connectivity index (χ4v) is 3.20. The van der Waals surface area contributed by atoms with Crippen LogP contribution < -0.4 is 10.6 Å². The highest BCUT2D eigenvalue weighted by Gasteiger charge is 2.33. The maximum Gasteiger partial charge on any atom is 0.417 e. The second-order valence-electron chi connectivity index (χ2n) is 6.25. The van der Waals surface area contributed by atoms with Gasteiger partial charge in [-0.2, -0.15) is 13.2 Å². The van der Waals surface area contributed by atoms with Gasteiger partial charge in [0, 0.05) is 11.7 Å². The Morgan fingerprint density at radius 1 is 1.16 bits per heavy atom. The number of benzene rings is 1. The molecule has 2 amide bonds. The fourth-order valence-electron chi connectivity index (χ4n) is 2.97. The van der Waals surface area contributed by atoms with Crippen molar-refractivity contribution in [3.05, 3.63) is 28.8 Å². The van der Waals surface area contributed by atoms with Crippen molar-refractivity contribution in [2.45, 2.75) is 51.2 Å². The van der Waals surface area contributed by atoms with E-state index in [0.717, 1.165) is 38.2 Å². The molecule has 0 radical (unpaired) electrons. The SMILES string of the molecule is CCC1CCC(NC(=O)C(=O)Nc2ccc(Cl)c(C(F)(F)F)c2)CC1. The van der Waals surface area contributed by atoms with Crippen molar-refractivity contribution < 1.29 is 22.8 Å². The average molecular weight is 377 g/mol. The molecule has 1 saturated carbocycles. The minimum Gasteiger partial charge on any atom is -0.345 e. The standard InChI is InChI=1S/C17H20ClF3N2O2/c1-2-10-3-5-11(6-4-10)22-15(24)16(25)23-12-7-8-14(18)13(9-12)17(19,20)21/h7-11H,2-6H2,1H3,(H,22,24)(H,23,25). The lowest BCUT2D eigenvalue weighted by Gasteiger charge is -2.28. The van der Waals surface area contributed by atoms with Gasteiger partial charge in [0.05, 0.1) is 10.6 Å². The van der Waals surface area contributed by atoms with Crippen LogP contribution in [0.5, 0.6) is 0 Å². The number of amides is 2. The number of alkyl halides is 3. The van der Waals surface area contributed by atoms with E-state index in [1.807, 2.05) is 0 Å². The van der Waals surface area contributed by atoms with Crippen molar-refractivity contribution in [2.75, 3.05) is 5.32 Å². The quantitative estimate of drug-likeness (QED) is 0.769. The Balaban J connectivity index is 1.94. The van der Waals surface area contributed by atoms with E-state index in [4.69, 9.17) is 11.6 Å². The van der Waals surface area contributed by atoms with Crippen LogP contribution in [0.3, 0.4) is 0 Å². The largest absolute Gasteiger partial charge is 0.417 e. The first-order valence-electron chi connectivity index (χ1n) is 8.19. The molecule has 0 aromatic heterocycles. The summed E-state index contributed by atoms with van der Waals surface area (Å²) in [5, 5.41) is 4.35. The summed E-state index contributed by atoms with van der Waals surface area (Å²) in [6, 6.07) is 2.89. The summed E-state index contributed by atoms with van der Waals surface area (Å²) >= 11 is 5.52. The van der Waals surface area contributed by atoms with E-state index in [2.05, 4.69) is 17.6 Å². The molecule has 8 heteroatoms. The molecule has 4 nitrogen and oxygen atoms in total. The van der Waals surface area contributed by atoms with Gasteiger partial charge < -0.3 is 10.6 Å². The van der Waals surface area contributed by atoms with Crippen LogP contribution in [0.1, 0.15) is 44.6 Å². The zero-order valence-corrected chi connectivity index (χ0v) is 14.5. The maximum absolute atomic E-state index is 12.8. The van der Waals surface area contributed by atoms with E-state index in [1.165, 1.54) is 6.07 Å². The number of anilines is 1. The van der Waals surface area contributed by atoms with Crippen LogP contribution in [0.4, 0.5) is 18.9 Å². The molecule has 0 unspecified atom stereocenters. The van der Waals surface area contributed by atoms with Crippen molar-refractivity contribution in [3.8, 4) is 0 Å². The fraction of sp³-hybridized carbons (Fsp3) is 0.529. The highest BCUT2D eigenvalue weighted by molar-refractivity contribution is 6.39. The van der Waals surface area contributed by atoms with Gasteiger partial charge in [-0.3, -0.25) is 9.59 Å². The molecular weight excluding hydrogens is 357 g/mol. The third kappa shape index (κ3) is 5.36. The van der Waals surface area contributed by atoms with Crippen molar-refractivity contribution >= 4 is 29.1 Å². The van der Waals surface area contributed by atoms with Crippen molar-refractivity contribution in [1.82, 2.24) is 5.32 Å². The second kappa shape index (κ2) is 8.08. The van der Waals surface area contributed by atoms with Crippen LogP contribution in [0, 0.1) is 5.92 Å². The normalized spacial score (nSPS) is 20.8. The minimum absolute atomic E-state index is 0.0722. The Hall–Kier alpha value is -1.76. The molecule has 1 aliphatic carbocycles. The molecule has 0 atom stereocenters. The third-order valence-electron chi connectivity index (χ3n) is 4.50. The van der Waals surface area contributed by atoms with E-state index < -0.39 is 28.6 Å². The smallest absolute Gasteiger partial charge is 0.345 e. The number of rotatable bonds is 3. The first kappa shape index (κ1) is 19.6. The number of hydrogen-bond donors (Lipinski definition) is 2. The number of halogens is 4. The second-order valence-corrected chi connectivity index (χ2v) is 6.65. The molecule has 1 aromatic carbocycles. The van der Waals surface area contributed by atoms with Crippen molar-refractivity contribution in [1.29, 1.82) is 0 Å².